The number of hydrogen-bond donors (Lipinski definition) is 2. The molecule has 1 heterocycles. The van der Waals surface area contributed by atoms with Crippen LogP contribution in [0.15, 0.2) is 18.2 Å². The molecule has 2 rings (SSSR count). The fraction of sp³-hybridized carbons (Fsp3) is 0.417. The van der Waals surface area contributed by atoms with Crippen LogP contribution in [0.25, 0.3) is 0 Å². The minimum Gasteiger partial charge on any atom is -0.399 e. The molecule has 1 saturated heterocycles. The van der Waals surface area contributed by atoms with Gasteiger partial charge in [0, 0.05) is 34.7 Å². The van der Waals surface area contributed by atoms with Gasteiger partial charge in [-0.05, 0) is 18.2 Å². The van der Waals surface area contributed by atoms with E-state index in [-0.39, 0.29) is 5.91 Å². The Morgan fingerprint density at radius 3 is 3.00 bits per heavy atom. The quantitative estimate of drug-likeness (QED) is 0.842. The molecule has 0 saturated carbocycles. The molecule has 18 heavy (non-hydrogen) atoms. The summed E-state index contributed by atoms with van der Waals surface area (Å²) in [5.41, 5.74) is 6.65. The molecule has 3 N–H and O–H groups in total. The van der Waals surface area contributed by atoms with Crippen molar-refractivity contribution in [2.75, 3.05) is 29.5 Å². The van der Waals surface area contributed by atoms with Crippen LogP contribution in [0.4, 0.5) is 5.69 Å². The fourth-order valence-electron chi connectivity index (χ4n) is 1.67. The van der Waals surface area contributed by atoms with Gasteiger partial charge in [0.1, 0.15) is 0 Å². The first-order valence-electron chi connectivity index (χ1n) is 5.69. The van der Waals surface area contributed by atoms with Gasteiger partial charge in [-0.2, -0.15) is 23.5 Å². The zero-order chi connectivity index (χ0) is 13.0. The minimum atomic E-state index is -0.129. The molecule has 1 aromatic rings. The van der Waals surface area contributed by atoms with Crippen molar-refractivity contribution in [3.8, 4) is 0 Å². The molecule has 1 unspecified atom stereocenters. The molecule has 1 amide bonds. The van der Waals surface area contributed by atoms with Gasteiger partial charge in [-0.25, -0.2) is 0 Å². The Morgan fingerprint density at radius 1 is 1.50 bits per heavy atom. The van der Waals surface area contributed by atoms with Crippen molar-refractivity contribution in [3.63, 3.8) is 0 Å². The number of benzene rings is 1. The van der Waals surface area contributed by atoms with Gasteiger partial charge < -0.3 is 11.1 Å². The van der Waals surface area contributed by atoms with Crippen LogP contribution in [0.2, 0.25) is 5.02 Å². The highest BCUT2D eigenvalue weighted by Crippen LogP contribution is 2.24. The molecule has 1 aliphatic rings. The minimum absolute atomic E-state index is 0.129. The highest BCUT2D eigenvalue weighted by atomic mass is 35.5. The predicted octanol–water partition coefficient (Wildman–Crippen LogP) is 2.50. The van der Waals surface area contributed by atoms with E-state index in [2.05, 4.69) is 5.32 Å². The molecule has 0 bridgehead atoms. The molecular weight excluding hydrogens is 288 g/mol. The van der Waals surface area contributed by atoms with Crippen LogP contribution in [0.1, 0.15) is 10.4 Å². The van der Waals surface area contributed by atoms with Crippen molar-refractivity contribution in [2.24, 2.45) is 0 Å². The average molecular weight is 303 g/mol. The van der Waals surface area contributed by atoms with Gasteiger partial charge >= 0.3 is 0 Å². The Kier molecular flexibility index (Phi) is 5.09. The Bertz CT molecular complexity index is 436. The van der Waals surface area contributed by atoms with Crippen LogP contribution >= 0.6 is 35.1 Å². The fourth-order valence-corrected chi connectivity index (χ4v) is 4.56. The first kappa shape index (κ1) is 13.9. The third-order valence-corrected chi connectivity index (χ3v) is 5.77. The predicted molar refractivity (Wildman–Crippen MR) is 81.8 cm³/mol. The molecule has 0 aromatic heterocycles. The summed E-state index contributed by atoms with van der Waals surface area (Å²) < 4.78 is 0. The van der Waals surface area contributed by atoms with Crippen LogP contribution in [0.5, 0.6) is 0 Å². The molecular formula is C12H15ClN2OS2. The second-order valence-corrected chi connectivity index (χ2v) is 6.98. The smallest absolute Gasteiger partial charge is 0.252 e. The van der Waals surface area contributed by atoms with Crippen LogP contribution < -0.4 is 11.1 Å². The maximum absolute atomic E-state index is 12.0. The van der Waals surface area contributed by atoms with Crippen LogP contribution in [0.3, 0.4) is 0 Å². The molecule has 0 aliphatic carbocycles. The van der Waals surface area contributed by atoms with Gasteiger partial charge in [0.15, 0.2) is 0 Å². The molecule has 3 nitrogen and oxygen atoms in total. The van der Waals surface area contributed by atoms with E-state index in [0.29, 0.717) is 28.1 Å². The number of nitrogens with two attached hydrogens (primary N) is 1. The average Bonchev–Trinajstić information content (AvgIpc) is 2.37. The standard InChI is InChI=1S/C12H15ClN2OS2/c13-11-5-8(14)1-2-10(11)12(16)15-6-9-7-17-3-4-18-9/h1-2,5,9H,3-4,6-7,14H2,(H,15,16). The molecule has 1 aromatic carbocycles. The number of nitrogens with one attached hydrogen (secondary N) is 1. The zero-order valence-electron chi connectivity index (χ0n) is 9.82. The topological polar surface area (TPSA) is 55.1 Å². The summed E-state index contributed by atoms with van der Waals surface area (Å²) in [6.45, 7) is 0.692. The van der Waals surface area contributed by atoms with Crippen LogP contribution in [-0.4, -0.2) is 35.0 Å². The van der Waals surface area contributed by atoms with E-state index in [1.165, 1.54) is 5.75 Å². The summed E-state index contributed by atoms with van der Waals surface area (Å²) in [4.78, 5) is 12.0. The number of amides is 1. The maximum Gasteiger partial charge on any atom is 0.252 e. The van der Waals surface area contributed by atoms with Crippen molar-refractivity contribution >= 4 is 46.7 Å². The SMILES string of the molecule is Nc1ccc(C(=O)NCC2CSCCS2)c(Cl)c1. The van der Waals surface area contributed by atoms with Gasteiger partial charge in [-0.1, -0.05) is 11.6 Å². The maximum atomic E-state index is 12.0. The number of anilines is 1. The van der Waals surface area contributed by atoms with Gasteiger partial charge in [-0.3, -0.25) is 4.79 Å². The number of carbonyl (C=O) groups is 1. The Labute approximate surface area is 120 Å². The van der Waals surface area contributed by atoms with Gasteiger partial charge in [-0.15, -0.1) is 0 Å². The van der Waals surface area contributed by atoms with E-state index in [1.807, 2.05) is 23.5 Å². The third kappa shape index (κ3) is 3.73. The molecule has 1 atom stereocenters. The first-order valence-corrected chi connectivity index (χ1v) is 8.27. The second-order valence-electron chi connectivity index (χ2n) is 4.02. The molecule has 98 valence electrons. The lowest BCUT2D eigenvalue weighted by atomic mass is 10.2. The highest BCUT2D eigenvalue weighted by Gasteiger charge is 2.16. The number of rotatable bonds is 3. The molecule has 0 spiro atoms. The van der Waals surface area contributed by atoms with E-state index in [4.69, 9.17) is 17.3 Å². The van der Waals surface area contributed by atoms with E-state index >= 15 is 0 Å². The normalized spacial score (nSPS) is 19.5. The molecule has 0 radical (unpaired) electrons. The summed E-state index contributed by atoms with van der Waals surface area (Å²) >= 11 is 9.86. The monoisotopic (exact) mass is 302 g/mol. The van der Waals surface area contributed by atoms with Crippen LogP contribution in [0, 0.1) is 0 Å². The van der Waals surface area contributed by atoms with Crippen LogP contribution in [-0.2, 0) is 0 Å². The summed E-state index contributed by atoms with van der Waals surface area (Å²) in [5, 5.41) is 3.83. The second kappa shape index (κ2) is 6.59. The Morgan fingerprint density at radius 2 is 2.33 bits per heavy atom. The van der Waals surface area contributed by atoms with Crippen molar-refractivity contribution in [1.82, 2.24) is 5.32 Å². The Balaban J connectivity index is 1.90. The summed E-state index contributed by atoms with van der Waals surface area (Å²) in [7, 11) is 0. The van der Waals surface area contributed by atoms with Crippen molar-refractivity contribution in [1.29, 1.82) is 0 Å². The van der Waals surface area contributed by atoms with E-state index < -0.39 is 0 Å². The Hall–Kier alpha value is -0.520. The van der Waals surface area contributed by atoms with E-state index in [9.17, 15) is 4.79 Å². The van der Waals surface area contributed by atoms with E-state index in [0.717, 1.165) is 11.5 Å². The van der Waals surface area contributed by atoms with E-state index in [1.54, 1.807) is 18.2 Å². The van der Waals surface area contributed by atoms with Gasteiger partial charge in [0.2, 0.25) is 0 Å². The highest BCUT2D eigenvalue weighted by molar-refractivity contribution is 8.06. The molecule has 6 heteroatoms. The van der Waals surface area contributed by atoms with Gasteiger partial charge in [0.05, 0.1) is 10.6 Å². The first-order chi connectivity index (χ1) is 8.66. The number of carbonyl (C=O) groups excluding carboxylic acids is 1. The molecule has 1 fully saturated rings. The summed E-state index contributed by atoms with van der Waals surface area (Å²) in [6.07, 6.45) is 0. The van der Waals surface area contributed by atoms with Crippen molar-refractivity contribution < 1.29 is 4.79 Å². The number of nitrogen functional groups attached to an aromatic ring is 1. The lowest BCUT2D eigenvalue weighted by Crippen LogP contribution is -2.33. The summed E-state index contributed by atoms with van der Waals surface area (Å²) in [6, 6.07) is 4.95. The number of hydrogen-bond acceptors (Lipinski definition) is 4. The molecule has 1 aliphatic heterocycles. The van der Waals surface area contributed by atoms with Crippen molar-refractivity contribution in [3.05, 3.63) is 28.8 Å². The number of halogens is 1. The summed E-state index contributed by atoms with van der Waals surface area (Å²) in [5.74, 6) is 3.34. The number of thioether (sulfide) groups is 2. The lowest BCUT2D eigenvalue weighted by Gasteiger charge is -2.21. The lowest BCUT2D eigenvalue weighted by molar-refractivity contribution is 0.0954. The third-order valence-electron chi connectivity index (χ3n) is 2.61. The largest absolute Gasteiger partial charge is 0.399 e. The van der Waals surface area contributed by atoms with Crippen molar-refractivity contribution in [2.45, 2.75) is 5.25 Å². The zero-order valence-corrected chi connectivity index (χ0v) is 12.2. The van der Waals surface area contributed by atoms with Gasteiger partial charge in [0.25, 0.3) is 5.91 Å².